The average molecular weight is 262 g/mol. The average Bonchev–Trinajstić information content (AvgIpc) is 2.15. The van der Waals surface area contributed by atoms with E-state index in [1.807, 2.05) is 0 Å². The highest BCUT2D eigenvalue weighted by molar-refractivity contribution is 7.92. The second kappa shape index (κ2) is 5.37. The van der Waals surface area contributed by atoms with E-state index >= 15 is 0 Å². The Morgan fingerprint density at radius 2 is 1.88 bits per heavy atom. The molecule has 9 heteroatoms. The number of sulfone groups is 1. The van der Waals surface area contributed by atoms with Gasteiger partial charge in [0, 0.05) is 6.07 Å². The van der Waals surface area contributed by atoms with E-state index in [0.29, 0.717) is 0 Å². The number of aliphatic carboxylic acids is 1. The molecule has 0 saturated heterocycles. The number of carboxylic acids is 1. The normalized spacial score (nSPS) is 10.4. The molecule has 1 aromatic carbocycles. The molecule has 0 heterocycles. The van der Waals surface area contributed by atoms with Gasteiger partial charge in [-0.3, -0.25) is 14.9 Å². The van der Waals surface area contributed by atoms with Crippen LogP contribution < -0.4 is 6.15 Å². The van der Waals surface area contributed by atoms with E-state index in [9.17, 15) is 23.3 Å². The quantitative estimate of drug-likeness (QED) is 0.596. The summed E-state index contributed by atoms with van der Waals surface area (Å²) >= 11 is 0. The first-order valence-corrected chi connectivity index (χ1v) is 5.68. The third-order valence-electron chi connectivity index (χ3n) is 1.71. The molecule has 0 amide bonds. The monoisotopic (exact) mass is 262 g/mol. The standard InChI is InChI=1S/C8H7NO6S.H3N/c10-8(11)5-16(14,15)7-4-2-1-3-6(7)9(12)13;/h1-4H,5H2,(H,10,11);1H3. The molecule has 1 rings (SSSR count). The largest absolute Gasteiger partial charge is 0.480 e. The molecule has 0 aromatic heterocycles. The van der Waals surface area contributed by atoms with E-state index in [0.717, 1.165) is 12.1 Å². The molecule has 0 radical (unpaired) electrons. The fourth-order valence-corrected chi connectivity index (χ4v) is 2.34. The summed E-state index contributed by atoms with van der Waals surface area (Å²) in [6.07, 6.45) is 0. The van der Waals surface area contributed by atoms with Crippen molar-refractivity contribution in [2.75, 3.05) is 5.75 Å². The Labute approximate surface area is 96.5 Å². The minimum absolute atomic E-state index is 0. The third kappa shape index (κ3) is 3.50. The van der Waals surface area contributed by atoms with Crippen LogP contribution in [0, 0.1) is 10.1 Å². The van der Waals surface area contributed by atoms with Gasteiger partial charge in [-0.05, 0) is 6.07 Å². The highest BCUT2D eigenvalue weighted by Gasteiger charge is 2.27. The first kappa shape index (κ1) is 15.0. The molecule has 0 aliphatic carbocycles. The summed E-state index contributed by atoms with van der Waals surface area (Å²) in [5, 5.41) is 18.9. The molecule has 0 spiro atoms. The Kier molecular flexibility index (Phi) is 4.73. The lowest BCUT2D eigenvalue weighted by Gasteiger charge is -2.01. The van der Waals surface area contributed by atoms with E-state index in [1.165, 1.54) is 12.1 Å². The van der Waals surface area contributed by atoms with Gasteiger partial charge in [-0.15, -0.1) is 0 Å². The van der Waals surface area contributed by atoms with Crippen LogP contribution in [0.15, 0.2) is 29.2 Å². The molecule has 4 N–H and O–H groups in total. The number of carboxylic acid groups (broad SMARTS) is 1. The van der Waals surface area contributed by atoms with Crippen molar-refractivity contribution in [2.45, 2.75) is 4.90 Å². The zero-order valence-corrected chi connectivity index (χ0v) is 9.38. The number of nitro benzene ring substituents is 1. The Morgan fingerprint density at radius 3 is 2.35 bits per heavy atom. The van der Waals surface area contributed by atoms with Crippen molar-refractivity contribution in [3.8, 4) is 0 Å². The summed E-state index contributed by atoms with van der Waals surface area (Å²) in [6.45, 7) is 0. The lowest BCUT2D eigenvalue weighted by Crippen LogP contribution is -2.16. The fourth-order valence-electron chi connectivity index (χ4n) is 1.11. The van der Waals surface area contributed by atoms with Gasteiger partial charge in [0.15, 0.2) is 15.6 Å². The van der Waals surface area contributed by atoms with Gasteiger partial charge < -0.3 is 11.3 Å². The molecule has 17 heavy (non-hydrogen) atoms. The van der Waals surface area contributed by atoms with Gasteiger partial charge in [0.1, 0.15) is 4.90 Å². The number of benzene rings is 1. The maximum atomic E-state index is 11.5. The van der Waals surface area contributed by atoms with E-state index in [4.69, 9.17) is 5.11 Å². The fraction of sp³-hybridized carbons (Fsp3) is 0.125. The second-order valence-corrected chi connectivity index (χ2v) is 4.84. The molecule has 0 aliphatic rings. The van der Waals surface area contributed by atoms with Gasteiger partial charge in [0.2, 0.25) is 0 Å². The van der Waals surface area contributed by atoms with Crippen molar-refractivity contribution in [2.24, 2.45) is 0 Å². The van der Waals surface area contributed by atoms with Crippen LogP contribution >= 0.6 is 0 Å². The summed E-state index contributed by atoms with van der Waals surface area (Å²) in [7, 11) is -4.18. The van der Waals surface area contributed by atoms with Crippen molar-refractivity contribution in [1.29, 1.82) is 0 Å². The Hall–Kier alpha value is -2.00. The lowest BCUT2D eigenvalue weighted by molar-refractivity contribution is -0.387. The van der Waals surface area contributed by atoms with Crippen LogP contribution in [0.25, 0.3) is 0 Å². The van der Waals surface area contributed by atoms with Crippen LogP contribution in [0.5, 0.6) is 0 Å². The van der Waals surface area contributed by atoms with Crippen molar-refractivity contribution in [1.82, 2.24) is 6.15 Å². The van der Waals surface area contributed by atoms with Crippen LogP contribution in [0.3, 0.4) is 0 Å². The number of hydrogen-bond donors (Lipinski definition) is 2. The smallest absolute Gasteiger partial charge is 0.319 e. The van der Waals surface area contributed by atoms with Gasteiger partial charge in [0.05, 0.1) is 4.92 Å². The number of para-hydroxylation sites is 1. The van der Waals surface area contributed by atoms with E-state index in [1.54, 1.807) is 0 Å². The first-order valence-electron chi connectivity index (χ1n) is 4.02. The summed E-state index contributed by atoms with van der Waals surface area (Å²) in [4.78, 5) is 19.4. The van der Waals surface area contributed by atoms with Gasteiger partial charge in [-0.2, -0.15) is 0 Å². The van der Waals surface area contributed by atoms with Crippen LogP contribution in [0.4, 0.5) is 5.69 Å². The maximum Gasteiger partial charge on any atom is 0.319 e. The van der Waals surface area contributed by atoms with Crippen LogP contribution in [-0.2, 0) is 14.6 Å². The number of nitro groups is 1. The Morgan fingerprint density at radius 1 is 1.35 bits per heavy atom. The van der Waals surface area contributed by atoms with E-state index in [2.05, 4.69) is 0 Å². The van der Waals surface area contributed by atoms with Gasteiger partial charge >= 0.3 is 5.97 Å². The van der Waals surface area contributed by atoms with Gasteiger partial charge in [-0.1, -0.05) is 12.1 Å². The van der Waals surface area contributed by atoms with E-state index < -0.39 is 37.1 Å². The van der Waals surface area contributed by atoms with Crippen LogP contribution in [0.1, 0.15) is 0 Å². The third-order valence-corrected chi connectivity index (χ3v) is 3.35. The van der Waals surface area contributed by atoms with Crippen molar-refractivity contribution < 1.29 is 23.2 Å². The molecule has 8 nitrogen and oxygen atoms in total. The molecular formula is C8H10N2O6S. The summed E-state index contributed by atoms with van der Waals surface area (Å²) in [5.41, 5.74) is -0.622. The minimum Gasteiger partial charge on any atom is -0.480 e. The highest BCUT2D eigenvalue weighted by Crippen LogP contribution is 2.23. The van der Waals surface area contributed by atoms with Gasteiger partial charge in [-0.25, -0.2) is 8.42 Å². The Bertz CT molecular complexity index is 539. The number of nitrogens with zero attached hydrogens (tertiary/aromatic N) is 1. The minimum atomic E-state index is -4.18. The molecule has 94 valence electrons. The first-order chi connectivity index (χ1) is 7.34. The summed E-state index contributed by atoms with van der Waals surface area (Å²) in [6, 6.07) is 4.62. The topological polar surface area (TPSA) is 150 Å². The Balaban J connectivity index is 0.00000256. The zero-order chi connectivity index (χ0) is 12.3. The predicted octanol–water partition coefficient (Wildman–Crippen LogP) is 0.615. The molecular weight excluding hydrogens is 252 g/mol. The summed E-state index contributed by atoms with van der Waals surface area (Å²) < 4.78 is 23.0. The van der Waals surface area contributed by atoms with Crippen molar-refractivity contribution >= 4 is 21.5 Å². The zero-order valence-electron chi connectivity index (χ0n) is 8.57. The number of hydrogen-bond acceptors (Lipinski definition) is 6. The molecule has 1 aromatic rings. The lowest BCUT2D eigenvalue weighted by atomic mass is 10.3. The highest BCUT2D eigenvalue weighted by atomic mass is 32.2. The molecule has 0 bridgehead atoms. The second-order valence-electron chi connectivity index (χ2n) is 2.88. The molecule has 0 unspecified atom stereocenters. The maximum absolute atomic E-state index is 11.5. The molecule has 0 aliphatic heterocycles. The van der Waals surface area contributed by atoms with Crippen LogP contribution in [0.2, 0.25) is 0 Å². The SMILES string of the molecule is N.O=C(O)CS(=O)(=O)c1ccccc1[N+](=O)[O-]. The van der Waals surface area contributed by atoms with Crippen molar-refractivity contribution in [3.05, 3.63) is 34.4 Å². The van der Waals surface area contributed by atoms with Crippen LogP contribution in [-0.4, -0.2) is 30.2 Å². The van der Waals surface area contributed by atoms with Crippen molar-refractivity contribution in [3.63, 3.8) is 0 Å². The van der Waals surface area contributed by atoms with Gasteiger partial charge in [0.25, 0.3) is 5.69 Å². The molecule has 0 fully saturated rings. The summed E-state index contributed by atoms with van der Waals surface area (Å²) in [5.74, 6) is -2.73. The molecule has 0 saturated carbocycles. The predicted molar refractivity (Wildman–Crippen MR) is 57.8 cm³/mol. The molecule has 0 atom stereocenters. The van der Waals surface area contributed by atoms with E-state index in [-0.39, 0.29) is 6.15 Å². The number of carbonyl (C=O) groups is 1. The number of rotatable bonds is 4.